The first kappa shape index (κ1) is 21.3. The SMILES string of the molecule is O=C(c1nc2cc(-c3cccnc3F)ccc2[nH]1)N1CC(N2CCN(Cc3nccs3)CC2)C1. The molecule has 2 aliphatic heterocycles. The Morgan fingerprint density at radius 2 is 1.97 bits per heavy atom. The summed E-state index contributed by atoms with van der Waals surface area (Å²) in [5.74, 6) is -0.293. The van der Waals surface area contributed by atoms with E-state index in [0.717, 1.165) is 43.2 Å². The molecule has 0 spiro atoms. The molecule has 34 heavy (non-hydrogen) atoms. The van der Waals surface area contributed by atoms with Gasteiger partial charge >= 0.3 is 0 Å². The molecule has 0 radical (unpaired) electrons. The fourth-order valence-electron chi connectivity index (χ4n) is 4.69. The summed E-state index contributed by atoms with van der Waals surface area (Å²) < 4.78 is 14.1. The monoisotopic (exact) mass is 477 g/mol. The van der Waals surface area contributed by atoms with Crippen LogP contribution in [0.15, 0.2) is 48.1 Å². The Balaban J connectivity index is 1.06. The lowest BCUT2D eigenvalue weighted by molar-refractivity contribution is 0.00590. The van der Waals surface area contributed by atoms with Crippen LogP contribution in [-0.2, 0) is 6.54 Å². The van der Waals surface area contributed by atoms with E-state index in [1.807, 2.05) is 28.6 Å². The van der Waals surface area contributed by atoms with E-state index in [4.69, 9.17) is 0 Å². The third kappa shape index (κ3) is 4.08. The molecule has 2 saturated heterocycles. The van der Waals surface area contributed by atoms with Crippen LogP contribution in [0.4, 0.5) is 4.39 Å². The number of amides is 1. The van der Waals surface area contributed by atoms with E-state index in [9.17, 15) is 9.18 Å². The van der Waals surface area contributed by atoms with E-state index < -0.39 is 5.95 Å². The lowest BCUT2D eigenvalue weighted by atomic mass is 10.1. The number of hydrogen-bond donors (Lipinski definition) is 1. The van der Waals surface area contributed by atoms with Crippen molar-refractivity contribution in [3.05, 3.63) is 64.9 Å². The van der Waals surface area contributed by atoms with Gasteiger partial charge in [-0.15, -0.1) is 11.3 Å². The number of likely N-dealkylation sites (tertiary alicyclic amines) is 1. The van der Waals surface area contributed by atoms with E-state index >= 15 is 0 Å². The van der Waals surface area contributed by atoms with Crippen LogP contribution >= 0.6 is 11.3 Å². The zero-order valence-electron chi connectivity index (χ0n) is 18.5. The number of benzene rings is 1. The van der Waals surface area contributed by atoms with Gasteiger partial charge in [-0.1, -0.05) is 6.07 Å². The van der Waals surface area contributed by atoms with Crippen molar-refractivity contribution in [3.63, 3.8) is 0 Å². The number of nitrogens with zero attached hydrogens (tertiary/aromatic N) is 6. The Labute approximate surface area is 200 Å². The lowest BCUT2D eigenvalue weighted by Gasteiger charge is -2.47. The van der Waals surface area contributed by atoms with Crippen LogP contribution in [0.25, 0.3) is 22.2 Å². The van der Waals surface area contributed by atoms with E-state index in [1.54, 1.807) is 29.5 Å². The average Bonchev–Trinajstić information content (AvgIpc) is 3.49. The van der Waals surface area contributed by atoms with Gasteiger partial charge < -0.3 is 9.88 Å². The summed E-state index contributed by atoms with van der Waals surface area (Å²) in [4.78, 5) is 35.5. The van der Waals surface area contributed by atoms with Gasteiger partial charge in [-0.05, 0) is 29.8 Å². The van der Waals surface area contributed by atoms with Crippen molar-refractivity contribution in [1.29, 1.82) is 0 Å². The molecule has 3 aromatic heterocycles. The van der Waals surface area contributed by atoms with Crippen LogP contribution in [-0.4, -0.2) is 85.9 Å². The van der Waals surface area contributed by atoms with Crippen molar-refractivity contribution >= 4 is 28.3 Å². The minimum atomic E-state index is -0.524. The Bertz CT molecular complexity index is 1310. The number of carbonyl (C=O) groups excluding carboxylic acids is 1. The standard InChI is InChI=1S/C24H24FN7OS/c25-22-18(2-1-5-27-22)16-3-4-19-20(12-16)29-23(28-19)24(33)32-13-17(14-32)31-9-7-30(8-10-31)15-21-26-6-11-34-21/h1-6,11-12,17H,7-10,13-15H2,(H,28,29). The minimum Gasteiger partial charge on any atom is -0.334 e. The highest BCUT2D eigenvalue weighted by Crippen LogP contribution is 2.26. The van der Waals surface area contributed by atoms with Gasteiger partial charge in [0, 0.05) is 68.6 Å². The van der Waals surface area contributed by atoms with Gasteiger partial charge in [-0.2, -0.15) is 4.39 Å². The van der Waals surface area contributed by atoms with E-state index in [0.29, 0.717) is 41.6 Å². The van der Waals surface area contributed by atoms with Crippen LogP contribution in [0, 0.1) is 5.95 Å². The molecule has 1 aromatic carbocycles. The second-order valence-electron chi connectivity index (χ2n) is 8.76. The number of rotatable bonds is 5. The predicted octanol–water partition coefficient (Wildman–Crippen LogP) is 2.86. The molecular formula is C24H24FN7OS. The summed E-state index contributed by atoms with van der Waals surface area (Å²) >= 11 is 1.70. The summed E-state index contributed by atoms with van der Waals surface area (Å²) in [6.07, 6.45) is 3.28. The smallest absolute Gasteiger partial charge is 0.289 e. The summed E-state index contributed by atoms with van der Waals surface area (Å²) in [5.41, 5.74) is 2.49. The van der Waals surface area contributed by atoms with Gasteiger partial charge in [-0.3, -0.25) is 14.6 Å². The zero-order chi connectivity index (χ0) is 23.1. The van der Waals surface area contributed by atoms with E-state index in [-0.39, 0.29) is 5.91 Å². The molecule has 8 nitrogen and oxygen atoms in total. The van der Waals surface area contributed by atoms with Crippen LogP contribution in [0.2, 0.25) is 0 Å². The lowest BCUT2D eigenvalue weighted by Crippen LogP contribution is -2.64. The Kier molecular flexibility index (Phi) is 5.56. The third-order valence-corrected chi connectivity index (χ3v) is 7.44. The van der Waals surface area contributed by atoms with Gasteiger partial charge in [0.25, 0.3) is 5.91 Å². The molecule has 0 saturated carbocycles. The van der Waals surface area contributed by atoms with E-state index in [2.05, 4.69) is 29.7 Å². The maximum Gasteiger partial charge on any atom is 0.289 e. The molecule has 2 aliphatic rings. The average molecular weight is 478 g/mol. The molecule has 4 aromatic rings. The maximum absolute atomic E-state index is 14.1. The number of hydrogen-bond acceptors (Lipinski definition) is 7. The van der Waals surface area contributed by atoms with Crippen molar-refractivity contribution in [2.24, 2.45) is 0 Å². The molecule has 6 rings (SSSR count). The minimum absolute atomic E-state index is 0.0936. The molecule has 174 valence electrons. The van der Waals surface area contributed by atoms with Crippen molar-refractivity contribution in [3.8, 4) is 11.1 Å². The van der Waals surface area contributed by atoms with Gasteiger partial charge in [0.2, 0.25) is 5.95 Å². The molecule has 0 unspecified atom stereocenters. The topological polar surface area (TPSA) is 81.2 Å². The maximum atomic E-state index is 14.1. The van der Waals surface area contributed by atoms with Crippen LogP contribution in [0.3, 0.4) is 0 Å². The first-order valence-electron chi connectivity index (χ1n) is 11.4. The highest BCUT2D eigenvalue weighted by molar-refractivity contribution is 7.09. The molecule has 10 heteroatoms. The summed E-state index contributed by atoms with van der Waals surface area (Å²) in [7, 11) is 0. The van der Waals surface area contributed by atoms with E-state index in [1.165, 1.54) is 6.20 Å². The number of aromatic nitrogens is 4. The van der Waals surface area contributed by atoms with Crippen molar-refractivity contribution in [2.45, 2.75) is 12.6 Å². The first-order chi connectivity index (χ1) is 16.6. The molecule has 0 atom stereocenters. The second-order valence-corrected chi connectivity index (χ2v) is 9.74. The number of pyridine rings is 1. The number of halogens is 1. The number of carbonyl (C=O) groups is 1. The Morgan fingerprint density at radius 3 is 2.74 bits per heavy atom. The van der Waals surface area contributed by atoms with Gasteiger partial charge in [0.15, 0.2) is 5.82 Å². The predicted molar refractivity (Wildman–Crippen MR) is 128 cm³/mol. The highest BCUT2D eigenvalue weighted by Gasteiger charge is 2.37. The molecule has 1 amide bonds. The number of thiazole rings is 1. The van der Waals surface area contributed by atoms with Gasteiger partial charge in [-0.25, -0.2) is 15.0 Å². The number of H-pyrrole nitrogens is 1. The Morgan fingerprint density at radius 1 is 1.12 bits per heavy atom. The number of piperazine rings is 1. The molecular weight excluding hydrogens is 453 g/mol. The molecule has 2 fully saturated rings. The number of imidazole rings is 1. The summed E-state index contributed by atoms with van der Waals surface area (Å²) in [6.45, 7) is 6.42. The number of nitrogens with one attached hydrogen (secondary N) is 1. The Hall–Kier alpha value is -3.21. The molecule has 1 N–H and O–H groups in total. The third-order valence-electron chi connectivity index (χ3n) is 6.67. The van der Waals surface area contributed by atoms with Crippen LogP contribution in [0.1, 0.15) is 15.6 Å². The molecule has 0 aliphatic carbocycles. The van der Waals surface area contributed by atoms with Crippen molar-refractivity contribution < 1.29 is 9.18 Å². The van der Waals surface area contributed by atoms with Crippen molar-refractivity contribution in [1.82, 2.24) is 34.6 Å². The number of fused-ring (bicyclic) bond motifs is 1. The largest absolute Gasteiger partial charge is 0.334 e. The number of aromatic amines is 1. The van der Waals surface area contributed by atoms with Gasteiger partial charge in [0.1, 0.15) is 5.01 Å². The summed E-state index contributed by atoms with van der Waals surface area (Å²) in [5, 5.41) is 3.19. The van der Waals surface area contributed by atoms with Gasteiger partial charge in [0.05, 0.1) is 17.6 Å². The highest BCUT2D eigenvalue weighted by atomic mass is 32.1. The molecule has 5 heterocycles. The zero-order valence-corrected chi connectivity index (χ0v) is 19.3. The van der Waals surface area contributed by atoms with Crippen LogP contribution in [0.5, 0.6) is 0 Å². The summed E-state index contributed by atoms with van der Waals surface area (Å²) in [6, 6.07) is 9.20. The first-order valence-corrected chi connectivity index (χ1v) is 12.3. The quantitative estimate of drug-likeness (QED) is 0.445. The van der Waals surface area contributed by atoms with Crippen molar-refractivity contribution in [2.75, 3.05) is 39.3 Å². The fraction of sp³-hybridized carbons (Fsp3) is 0.333. The molecule has 0 bridgehead atoms. The second kappa shape index (κ2) is 8.86. The van der Waals surface area contributed by atoms with Crippen LogP contribution < -0.4 is 0 Å². The normalized spacial score (nSPS) is 17.9. The fourth-order valence-corrected chi connectivity index (χ4v) is 5.34.